The standard InChI is InChI=1S/C13H21N5O/c1-2-15-12-8-16-11(7-17-12)9-18-5-3-10(4-6-18)13(14)19/h7-8,10H,2-6,9H2,1H3,(H2,14,19)(H,15,17). The van der Waals surface area contributed by atoms with Gasteiger partial charge in [0.2, 0.25) is 5.91 Å². The van der Waals surface area contributed by atoms with E-state index in [0.29, 0.717) is 0 Å². The molecule has 0 saturated carbocycles. The molecule has 104 valence electrons. The molecule has 0 atom stereocenters. The van der Waals surface area contributed by atoms with Gasteiger partial charge >= 0.3 is 0 Å². The summed E-state index contributed by atoms with van der Waals surface area (Å²) in [5.74, 6) is 0.673. The van der Waals surface area contributed by atoms with Gasteiger partial charge in [0.15, 0.2) is 0 Å². The second-order valence-electron chi connectivity index (χ2n) is 4.88. The van der Waals surface area contributed by atoms with Crippen LogP contribution in [0.2, 0.25) is 0 Å². The highest BCUT2D eigenvalue weighted by atomic mass is 16.1. The maximum Gasteiger partial charge on any atom is 0.220 e. The largest absolute Gasteiger partial charge is 0.369 e. The highest BCUT2D eigenvalue weighted by molar-refractivity contribution is 5.76. The lowest BCUT2D eigenvalue weighted by atomic mass is 9.96. The molecule has 1 aliphatic rings. The van der Waals surface area contributed by atoms with Crippen molar-refractivity contribution in [3.63, 3.8) is 0 Å². The van der Waals surface area contributed by atoms with Crippen molar-refractivity contribution in [3.8, 4) is 0 Å². The van der Waals surface area contributed by atoms with Crippen molar-refractivity contribution >= 4 is 11.7 Å². The summed E-state index contributed by atoms with van der Waals surface area (Å²) in [5.41, 5.74) is 6.28. The van der Waals surface area contributed by atoms with Crippen molar-refractivity contribution in [3.05, 3.63) is 18.1 Å². The summed E-state index contributed by atoms with van der Waals surface area (Å²) in [6.45, 7) is 5.44. The Morgan fingerprint density at radius 3 is 2.68 bits per heavy atom. The summed E-state index contributed by atoms with van der Waals surface area (Å²) in [7, 11) is 0. The van der Waals surface area contributed by atoms with Crippen LogP contribution in [0.4, 0.5) is 5.82 Å². The Balaban J connectivity index is 1.83. The number of primary amides is 1. The third kappa shape index (κ3) is 3.89. The van der Waals surface area contributed by atoms with Gasteiger partial charge in [-0.25, -0.2) is 4.98 Å². The normalized spacial score (nSPS) is 17.3. The van der Waals surface area contributed by atoms with Crippen molar-refractivity contribution in [2.24, 2.45) is 11.7 Å². The van der Waals surface area contributed by atoms with Crippen LogP contribution in [0.15, 0.2) is 12.4 Å². The number of hydrogen-bond donors (Lipinski definition) is 2. The molecule has 19 heavy (non-hydrogen) atoms. The first kappa shape index (κ1) is 13.7. The van der Waals surface area contributed by atoms with Crippen LogP contribution in [0, 0.1) is 5.92 Å². The van der Waals surface area contributed by atoms with Crippen LogP contribution in [0.25, 0.3) is 0 Å². The topological polar surface area (TPSA) is 84.1 Å². The van der Waals surface area contributed by atoms with Crippen LogP contribution in [-0.4, -0.2) is 40.4 Å². The molecule has 1 saturated heterocycles. The van der Waals surface area contributed by atoms with Gasteiger partial charge in [0.25, 0.3) is 0 Å². The second kappa shape index (κ2) is 6.47. The molecule has 0 unspecified atom stereocenters. The minimum atomic E-state index is -0.172. The van der Waals surface area contributed by atoms with E-state index in [-0.39, 0.29) is 11.8 Å². The van der Waals surface area contributed by atoms with Gasteiger partial charge < -0.3 is 11.1 Å². The molecule has 0 aliphatic carbocycles. The van der Waals surface area contributed by atoms with Gasteiger partial charge in [-0.2, -0.15) is 0 Å². The van der Waals surface area contributed by atoms with E-state index in [2.05, 4.69) is 20.2 Å². The number of likely N-dealkylation sites (tertiary alicyclic amines) is 1. The fourth-order valence-corrected chi connectivity index (χ4v) is 2.31. The number of aromatic nitrogens is 2. The zero-order chi connectivity index (χ0) is 13.7. The molecule has 3 N–H and O–H groups in total. The molecule has 1 aromatic rings. The molecule has 0 aromatic carbocycles. The van der Waals surface area contributed by atoms with Gasteiger partial charge in [-0.3, -0.25) is 14.7 Å². The number of amides is 1. The van der Waals surface area contributed by atoms with Crippen LogP contribution in [-0.2, 0) is 11.3 Å². The third-order valence-electron chi connectivity index (χ3n) is 3.44. The highest BCUT2D eigenvalue weighted by Crippen LogP contribution is 2.18. The molecule has 0 spiro atoms. The number of nitrogens with one attached hydrogen (secondary N) is 1. The molecule has 0 bridgehead atoms. The average molecular weight is 263 g/mol. The molecule has 1 aromatic heterocycles. The van der Waals surface area contributed by atoms with E-state index in [1.807, 2.05) is 6.92 Å². The quantitative estimate of drug-likeness (QED) is 0.813. The Hall–Kier alpha value is -1.69. The summed E-state index contributed by atoms with van der Waals surface area (Å²) in [6.07, 6.45) is 5.25. The van der Waals surface area contributed by atoms with Gasteiger partial charge in [0.05, 0.1) is 18.1 Å². The van der Waals surface area contributed by atoms with E-state index in [4.69, 9.17) is 5.73 Å². The lowest BCUT2D eigenvalue weighted by Crippen LogP contribution is -2.38. The SMILES string of the molecule is CCNc1cnc(CN2CCC(C(N)=O)CC2)cn1. The molecule has 0 radical (unpaired) electrons. The van der Waals surface area contributed by atoms with Gasteiger partial charge in [0.1, 0.15) is 5.82 Å². The van der Waals surface area contributed by atoms with Crippen LogP contribution < -0.4 is 11.1 Å². The number of hydrogen-bond acceptors (Lipinski definition) is 5. The minimum Gasteiger partial charge on any atom is -0.369 e. The van der Waals surface area contributed by atoms with E-state index >= 15 is 0 Å². The number of anilines is 1. The summed E-state index contributed by atoms with van der Waals surface area (Å²) in [4.78, 5) is 22.1. The van der Waals surface area contributed by atoms with Crippen LogP contribution >= 0.6 is 0 Å². The average Bonchev–Trinajstić information content (AvgIpc) is 2.42. The first-order chi connectivity index (χ1) is 9.19. The Kier molecular flexibility index (Phi) is 4.68. The molecule has 2 heterocycles. The van der Waals surface area contributed by atoms with Crippen molar-refractivity contribution in [2.45, 2.75) is 26.3 Å². The van der Waals surface area contributed by atoms with Crippen molar-refractivity contribution in [2.75, 3.05) is 25.0 Å². The van der Waals surface area contributed by atoms with Gasteiger partial charge in [-0.1, -0.05) is 0 Å². The van der Waals surface area contributed by atoms with E-state index in [0.717, 1.165) is 50.5 Å². The maximum atomic E-state index is 11.1. The minimum absolute atomic E-state index is 0.0402. The first-order valence-corrected chi connectivity index (χ1v) is 6.75. The lowest BCUT2D eigenvalue weighted by Gasteiger charge is -2.29. The lowest BCUT2D eigenvalue weighted by molar-refractivity contribution is -0.123. The summed E-state index contributed by atoms with van der Waals surface area (Å²) >= 11 is 0. The predicted molar refractivity (Wildman–Crippen MR) is 73.4 cm³/mol. The summed E-state index contributed by atoms with van der Waals surface area (Å²) < 4.78 is 0. The second-order valence-corrected chi connectivity index (χ2v) is 4.88. The summed E-state index contributed by atoms with van der Waals surface area (Å²) in [6, 6.07) is 0. The molecule has 1 fully saturated rings. The number of carbonyl (C=O) groups is 1. The van der Waals surface area contributed by atoms with Crippen molar-refractivity contribution < 1.29 is 4.79 Å². The monoisotopic (exact) mass is 263 g/mol. The molecule has 1 amide bonds. The number of nitrogens with zero attached hydrogens (tertiary/aromatic N) is 3. The molecule has 6 nitrogen and oxygen atoms in total. The van der Waals surface area contributed by atoms with Crippen LogP contribution in [0.1, 0.15) is 25.5 Å². The zero-order valence-corrected chi connectivity index (χ0v) is 11.3. The van der Waals surface area contributed by atoms with Crippen molar-refractivity contribution in [1.29, 1.82) is 0 Å². The number of piperidine rings is 1. The molecule has 1 aliphatic heterocycles. The van der Waals surface area contributed by atoms with E-state index in [1.54, 1.807) is 12.4 Å². The molecule has 2 rings (SSSR count). The van der Waals surface area contributed by atoms with Gasteiger partial charge in [-0.05, 0) is 32.9 Å². The smallest absolute Gasteiger partial charge is 0.220 e. The summed E-state index contributed by atoms with van der Waals surface area (Å²) in [5, 5.41) is 3.12. The first-order valence-electron chi connectivity index (χ1n) is 6.75. The zero-order valence-electron chi connectivity index (χ0n) is 11.3. The van der Waals surface area contributed by atoms with E-state index < -0.39 is 0 Å². The predicted octanol–water partition coefficient (Wildman–Crippen LogP) is 0.606. The fraction of sp³-hybridized carbons (Fsp3) is 0.615. The van der Waals surface area contributed by atoms with Crippen LogP contribution in [0.3, 0.4) is 0 Å². The molecular formula is C13H21N5O. The van der Waals surface area contributed by atoms with Crippen molar-refractivity contribution in [1.82, 2.24) is 14.9 Å². The van der Waals surface area contributed by atoms with E-state index in [1.165, 1.54) is 0 Å². The highest BCUT2D eigenvalue weighted by Gasteiger charge is 2.23. The Bertz CT molecular complexity index is 412. The van der Waals surface area contributed by atoms with E-state index in [9.17, 15) is 4.79 Å². The molecular weight excluding hydrogens is 242 g/mol. The number of nitrogens with two attached hydrogens (primary N) is 1. The Morgan fingerprint density at radius 1 is 1.42 bits per heavy atom. The third-order valence-corrected chi connectivity index (χ3v) is 3.44. The van der Waals surface area contributed by atoms with Crippen LogP contribution in [0.5, 0.6) is 0 Å². The Labute approximate surface area is 113 Å². The van der Waals surface area contributed by atoms with Gasteiger partial charge in [0, 0.05) is 19.0 Å². The number of rotatable bonds is 5. The Morgan fingerprint density at radius 2 is 2.16 bits per heavy atom. The maximum absolute atomic E-state index is 11.1. The fourth-order valence-electron chi connectivity index (χ4n) is 2.31. The number of carbonyl (C=O) groups excluding carboxylic acids is 1. The van der Waals surface area contributed by atoms with Gasteiger partial charge in [-0.15, -0.1) is 0 Å². The molecule has 6 heteroatoms.